The van der Waals surface area contributed by atoms with Crippen LogP contribution in [0.1, 0.15) is 36.7 Å². The van der Waals surface area contributed by atoms with Gasteiger partial charge in [0.25, 0.3) is 10.2 Å². The number of hydrogen-bond acceptors (Lipinski definition) is 5. The van der Waals surface area contributed by atoms with Crippen LogP contribution in [0.25, 0.3) is 0 Å². The van der Waals surface area contributed by atoms with E-state index in [2.05, 4.69) is 0 Å². The molecule has 1 atom stereocenters. The van der Waals surface area contributed by atoms with Gasteiger partial charge in [0, 0.05) is 26.6 Å². The topological polar surface area (TPSA) is 80.1 Å². The van der Waals surface area contributed by atoms with Crippen molar-refractivity contribution >= 4 is 16.0 Å². The molecule has 0 bridgehead atoms. The number of ketones is 1. The maximum atomic E-state index is 12.7. The number of morpholine rings is 1. The lowest BCUT2D eigenvalue weighted by molar-refractivity contribution is 0.0266. The third kappa shape index (κ3) is 4.41. The van der Waals surface area contributed by atoms with Crippen LogP contribution in [0.4, 0.5) is 0 Å². The van der Waals surface area contributed by atoms with Crippen LogP contribution in [-0.2, 0) is 14.9 Å². The smallest absolute Gasteiger partial charge is 0.282 e. The van der Waals surface area contributed by atoms with Crippen LogP contribution in [0.5, 0.6) is 0 Å². The number of carbonyl (C=O) groups is 1. The number of rotatable bonds is 8. The summed E-state index contributed by atoms with van der Waals surface area (Å²) in [5.41, 5.74) is 0. The normalized spacial score (nSPS) is 20.0. The highest BCUT2D eigenvalue weighted by Gasteiger charge is 2.36. The van der Waals surface area contributed by atoms with Crippen molar-refractivity contribution in [3.8, 4) is 0 Å². The van der Waals surface area contributed by atoms with Gasteiger partial charge in [-0.05, 0) is 18.6 Å². The van der Waals surface area contributed by atoms with E-state index in [4.69, 9.17) is 9.15 Å². The maximum Gasteiger partial charge on any atom is 0.282 e. The molecule has 0 radical (unpaired) electrons. The molecular weight excluding hydrogens is 320 g/mol. The lowest BCUT2D eigenvalue weighted by Crippen LogP contribution is -2.53. The first-order valence-electron chi connectivity index (χ1n) is 7.84. The number of ether oxygens (including phenoxy) is 1. The molecule has 2 rings (SSSR count). The van der Waals surface area contributed by atoms with Crippen molar-refractivity contribution < 1.29 is 22.4 Å². The number of carbonyl (C=O) groups excluding carboxylic acids is 1. The van der Waals surface area contributed by atoms with Crippen LogP contribution in [-0.4, -0.2) is 62.2 Å². The molecule has 1 saturated heterocycles. The molecule has 0 aliphatic carbocycles. The summed E-state index contributed by atoms with van der Waals surface area (Å²) in [4.78, 5) is 12.2. The molecule has 8 heteroatoms. The molecule has 2 heterocycles. The Morgan fingerprint density at radius 1 is 1.48 bits per heavy atom. The Kier molecular flexibility index (Phi) is 6.34. The second kappa shape index (κ2) is 8.05. The zero-order valence-corrected chi connectivity index (χ0v) is 14.4. The number of furan rings is 1. The van der Waals surface area contributed by atoms with Gasteiger partial charge >= 0.3 is 0 Å². The number of Topliss-reactive ketones (excluding diaryl/α,β-unsaturated/α-hetero) is 1. The van der Waals surface area contributed by atoms with E-state index in [-0.39, 0.29) is 31.1 Å². The average molecular weight is 344 g/mol. The highest BCUT2D eigenvalue weighted by Crippen LogP contribution is 2.20. The molecule has 0 spiro atoms. The zero-order chi connectivity index (χ0) is 16.9. The van der Waals surface area contributed by atoms with Gasteiger partial charge in [0.2, 0.25) is 0 Å². The van der Waals surface area contributed by atoms with Crippen molar-refractivity contribution in [3.05, 3.63) is 24.2 Å². The fourth-order valence-electron chi connectivity index (χ4n) is 2.53. The van der Waals surface area contributed by atoms with Crippen LogP contribution >= 0.6 is 0 Å². The van der Waals surface area contributed by atoms with Crippen LogP contribution in [0.3, 0.4) is 0 Å². The number of hydrogen-bond donors (Lipinski definition) is 0. The van der Waals surface area contributed by atoms with Gasteiger partial charge in [-0.15, -0.1) is 0 Å². The van der Waals surface area contributed by atoms with Crippen molar-refractivity contribution in [2.24, 2.45) is 0 Å². The van der Waals surface area contributed by atoms with Gasteiger partial charge in [-0.2, -0.15) is 17.0 Å². The summed E-state index contributed by atoms with van der Waals surface area (Å²) in [7, 11) is -2.02. The summed E-state index contributed by atoms with van der Waals surface area (Å²) >= 11 is 0. The molecule has 1 aromatic rings. The standard InChI is InChI=1S/C15H24N2O5S/c1-3-4-7-16(2)23(19,20)17-8-10-21-12-13(17)11-14(18)15-6-5-9-22-15/h5-6,9,13H,3-4,7-8,10-12H2,1-2H3. The van der Waals surface area contributed by atoms with Crippen LogP contribution in [0.2, 0.25) is 0 Å². The molecule has 23 heavy (non-hydrogen) atoms. The van der Waals surface area contributed by atoms with Gasteiger partial charge in [0.15, 0.2) is 11.5 Å². The quantitative estimate of drug-likeness (QED) is 0.668. The molecule has 7 nitrogen and oxygen atoms in total. The predicted molar refractivity (Wildman–Crippen MR) is 85.4 cm³/mol. The van der Waals surface area contributed by atoms with Crippen LogP contribution in [0.15, 0.2) is 22.8 Å². The van der Waals surface area contributed by atoms with E-state index in [0.717, 1.165) is 12.8 Å². The van der Waals surface area contributed by atoms with Crippen molar-refractivity contribution in [1.82, 2.24) is 8.61 Å². The molecule has 0 saturated carbocycles. The van der Waals surface area contributed by atoms with Crippen molar-refractivity contribution in [2.75, 3.05) is 33.4 Å². The minimum atomic E-state index is -3.59. The third-order valence-electron chi connectivity index (χ3n) is 3.91. The number of unbranched alkanes of at least 4 members (excludes halogenated alkanes) is 1. The Labute approximate surface area is 137 Å². The molecule has 1 aromatic heterocycles. The first kappa shape index (κ1) is 18.1. The SMILES string of the molecule is CCCCN(C)S(=O)(=O)N1CCOCC1CC(=O)c1ccco1. The summed E-state index contributed by atoms with van der Waals surface area (Å²) in [6.07, 6.45) is 3.20. The van der Waals surface area contributed by atoms with Crippen LogP contribution in [0, 0.1) is 0 Å². The molecule has 1 unspecified atom stereocenters. The Balaban J connectivity index is 2.09. The highest BCUT2D eigenvalue weighted by atomic mass is 32.2. The fraction of sp³-hybridized carbons (Fsp3) is 0.667. The van der Waals surface area contributed by atoms with Crippen molar-refractivity contribution in [2.45, 2.75) is 32.2 Å². The molecule has 0 aromatic carbocycles. The maximum absolute atomic E-state index is 12.7. The molecule has 130 valence electrons. The lowest BCUT2D eigenvalue weighted by atomic mass is 10.1. The first-order valence-corrected chi connectivity index (χ1v) is 9.24. The molecule has 1 fully saturated rings. The second-order valence-electron chi connectivity index (χ2n) is 5.63. The van der Waals surface area contributed by atoms with Crippen LogP contribution < -0.4 is 0 Å². The van der Waals surface area contributed by atoms with Gasteiger partial charge < -0.3 is 9.15 Å². The Morgan fingerprint density at radius 3 is 2.91 bits per heavy atom. The van der Waals surface area contributed by atoms with Crippen molar-refractivity contribution in [1.29, 1.82) is 0 Å². The van der Waals surface area contributed by atoms with E-state index in [1.807, 2.05) is 6.92 Å². The van der Waals surface area contributed by atoms with E-state index >= 15 is 0 Å². The summed E-state index contributed by atoms with van der Waals surface area (Å²) in [6, 6.07) is 2.71. The fourth-order valence-corrected chi connectivity index (χ4v) is 4.07. The summed E-state index contributed by atoms with van der Waals surface area (Å²) in [5.74, 6) is 0.0224. The average Bonchev–Trinajstić information content (AvgIpc) is 3.07. The first-order chi connectivity index (χ1) is 11.0. The summed E-state index contributed by atoms with van der Waals surface area (Å²) < 4.78 is 38.7. The molecular formula is C15H24N2O5S. The van der Waals surface area contributed by atoms with E-state index in [1.54, 1.807) is 19.2 Å². The number of nitrogens with zero attached hydrogens (tertiary/aromatic N) is 2. The monoisotopic (exact) mass is 344 g/mol. The second-order valence-corrected chi connectivity index (χ2v) is 7.61. The summed E-state index contributed by atoms with van der Waals surface area (Å²) in [6.45, 7) is 3.30. The van der Waals surface area contributed by atoms with E-state index < -0.39 is 16.3 Å². The van der Waals surface area contributed by atoms with Gasteiger partial charge in [0.05, 0.1) is 25.5 Å². The minimum absolute atomic E-state index is 0.0500. The molecule has 0 amide bonds. The van der Waals surface area contributed by atoms with E-state index in [1.165, 1.54) is 14.9 Å². The summed E-state index contributed by atoms with van der Waals surface area (Å²) in [5, 5.41) is 0. The molecule has 1 aliphatic heterocycles. The van der Waals surface area contributed by atoms with Crippen molar-refractivity contribution in [3.63, 3.8) is 0 Å². The van der Waals surface area contributed by atoms with Gasteiger partial charge in [0.1, 0.15) is 0 Å². The van der Waals surface area contributed by atoms with Gasteiger partial charge in [-0.25, -0.2) is 0 Å². The Bertz CT molecular complexity index is 599. The zero-order valence-electron chi connectivity index (χ0n) is 13.6. The van der Waals surface area contributed by atoms with E-state index in [9.17, 15) is 13.2 Å². The Hall–Kier alpha value is -1.22. The van der Waals surface area contributed by atoms with Gasteiger partial charge in [-0.1, -0.05) is 13.3 Å². The third-order valence-corrected chi connectivity index (χ3v) is 5.95. The van der Waals surface area contributed by atoms with E-state index in [0.29, 0.717) is 13.2 Å². The predicted octanol–water partition coefficient (Wildman–Crippen LogP) is 1.53. The minimum Gasteiger partial charge on any atom is -0.461 e. The lowest BCUT2D eigenvalue weighted by Gasteiger charge is -2.36. The highest BCUT2D eigenvalue weighted by molar-refractivity contribution is 7.86. The molecule has 1 aliphatic rings. The van der Waals surface area contributed by atoms with Gasteiger partial charge in [-0.3, -0.25) is 4.79 Å². The molecule has 0 N–H and O–H groups in total. The largest absolute Gasteiger partial charge is 0.461 e. The Morgan fingerprint density at radius 2 is 2.26 bits per heavy atom.